The Balaban J connectivity index is 2.19. The van der Waals surface area contributed by atoms with Gasteiger partial charge < -0.3 is 14.8 Å². The topological polar surface area (TPSA) is 30.5 Å². The SMILES string of the molecule is COc1ccc(C(C)Nc2ccc(C)c(F)c2)cc1OC. The molecule has 0 saturated carbocycles. The molecule has 0 aromatic heterocycles. The lowest BCUT2D eigenvalue weighted by Crippen LogP contribution is -2.07. The Bertz CT molecular complexity index is 628. The summed E-state index contributed by atoms with van der Waals surface area (Å²) >= 11 is 0. The fraction of sp³-hybridized carbons (Fsp3) is 0.294. The van der Waals surface area contributed by atoms with Crippen molar-refractivity contribution >= 4 is 5.69 Å². The zero-order valence-electron chi connectivity index (χ0n) is 12.7. The second kappa shape index (κ2) is 6.48. The molecule has 1 atom stereocenters. The van der Waals surface area contributed by atoms with E-state index in [4.69, 9.17) is 9.47 Å². The number of rotatable bonds is 5. The molecule has 0 aliphatic heterocycles. The van der Waals surface area contributed by atoms with Crippen molar-refractivity contribution in [2.24, 2.45) is 0 Å². The van der Waals surface area contributed by atoms with Crippen molar-refractivity contribution in [3.05, 3.63) is 53.3 Å². The summed E-state index contributed by atoms with van der Waals surface area (Å²) in [5, 5.41) is 3.28. The van der Waals surface area contributed by atoms with Gasteiger partial charge in [0.05, 0.1) is 14.2 Å². The molecule has 0 saturated heterocycles. The molecule has 4 heteroatoms. The van der Waals surface area contributed by atoms with Crippen LogP contribution in [0.3, 0.4) is 0 Å². The molecule has 0 aliphatic carbocycles. The highest BCUT2D eigenvalue weighted by atomic mass is 19.1. The van der Waals surface area contributed by atoms with Crippen molar-refractivity contribution in [2.45, 2.75) is 19.9 Å². The van der Waals surface area contributed by atoms with E-state index in [2.05, 4.69) is 5.32 Å². The third-order valence-corrected chi connectivity index (χ3v) is 3.46. The molecular weight excluding hydrogens is 269 g/mol. The molecule has 3 nitrogen and oxygen atoms in total. The normalized spacial score (nSPS) is 11.9. The number of ether oxygens (including phenoxy) is 2. The number of aryl methyl sites for hydroxylation is 1. The molecule has 0 heterocycles. The van der Waals surface area contributed by atoms with E-state index in [9.17, 15) is 4.39 Å². The van der Waals surface area contributed by atoms with E-state index >= 15 is 0 Å². The Kier molecular flexibility index (Phi) is 4.68. The first-order valence-electron chi connectivity index (χ1n) is 6.79. The van der Waals surface area contributed by atoms with Crippen molar-refractivity contribution in [2.75, 3.05) is 19.5 Å². The number of hydrogen-bond donors (Lipinski definition) is 1. The van der Waals surface area contributed by atoms with Gasteiger partial charge in [0, 0.05) is 11.7 Å². The van der Waals surface area contributed by atoms with Crippen molar-refractivity contribution in [3.63, 3.8) is 0 Å². The van der Waals surface area contributed by atoms with Gasteiger partial charge in [-0.25, -0.2) is 4.39 Å². The highest BCUT2D eigenvalue weighted by Crippen LogP contribution is 2.31. The summed E-state index contributed by atoms with van der Waals surface area (Å²) in [6, 6.07) is 10.9. The molecule has 0 fully saturated rings. The van der Waals surface area contributed by atoms with E-state index in [1.165, 1.54) is 6.07 Å². The maximum atomic E-state index is 13.6. The molecule has 0 amide bonds. The van der Waals surface area contributed by atoms with E-state index in [0.29, 0.717) is 17.1 Å². The summed E-state index contributed by atoms with van der Waals surface area (Å²) in [6.45, 7) is 3.76. The van der Waals surface area contributed by atoms with Crippen LogP contribution in [0.4, 0.5) is 10.1 Å². The third kappa shape index (κ3) is 3.45. The first-order valence-corrected chi connectivity index (χ1v) is 6.79. The predicted octanol–water partition coefficient (Wildman–Crippen LogP) is 4.32. The van der Waals surface area contributed by atoms with Crippen LogP contribution in [0.5, 0.6) is 11.5 Å². The van der Waals surface area contributed by atoms with Crippen molar-refractivity contribution < 1.29 is 13.9 Å². The molecule has 0 bridgehead atoms. The van der Waals surface area contributed by atoms with Crippen LogP contribution in [0.15, 0.2) is 36.4 Å². The van der Waals surface area contributed by atoms with Crippen molar-refractivity contribution in [3.8, 4) is 11.5 Å². The van der Waals surface area contributed by atoms with E-state index in [0.717, 1.165) is 11.3 Å². The molecule has 0 radical (unpaired) electrons. The average Bonchev–Trinajstić information content (AvgIpc) is 2.50. The lowest BCUT2D eigenvalue weighted by atomic mass is 10.1. The van der Waals surface area contributed by atoms with Crippen LogP contribution in [0.25, 0.3) is 0 Å². The predicted molar refractivity (Wildman–Crippen MR) is 82.7 cm³/mol. The van der Waals surface area contributed by atoms with Gasteiger partial charge in [-0.1, -0.05) is 12.1 Å². The Morgan fingerprint density at radius 1 is 1.00 bits per heavy atom. The Labute approximate surface area is 124 Å². The van der Waals surface area contributed by atoms with Gasteiger partial charge in [-0.05, 0) is 49.2 Å². The highest BCUT2D eigenvalue weighted by Gasteiger charge is 2.10. The number of hydrogen-bond acceptors (Lipinski definition) is 3. The second-order valence-corrected chi connectivity index (χ2v) is 4.94. The number of methoxy groups -OCH3 is 2. The van der Waals surface area contributed by atoms with Gasteiger partial charge in [-0.3, -0.25) is 0 Å². The average molecular weight is 289 g/mol. The number of anilines is 1. The van der Waals surface area contributed by atoms with Crippen molar-refractivity contribution in [1.29, 1.82) is 0 Å². The summed E-state index contributed by atoms with van der Waals surface area (Å²) in [5.41, 5.74) is 2.42. The minimum Gasteiger partial charge on any atom is -0.493 e. The summed E-state index contributed by atoms with van der Waals surface area (Å²) in [5.74, 6) is 1.16. The minimum absolute atomic E-state index is 0.0203. The van der Waals surface area contributed by atoms with Crippen LogP contribution < -0.4 is 14.8 Å². The largest absolute Gasteiger partial charge is 0.493 e. The van der Waals surface area contributed by atoms with Gasteiger partial charge in [-0.2, -0.15) is 0 Å². The summed E-state index contributed by atoms with van der Waals surface area (Å²) < 4.78 is 24.1. The Morgan fingerprint density at radius 3 is 2.33 bits per heavy atom. The van der Waals surface area contributed by atoms with Crippen molar-refractivity contribution in [1.82, 2.24) is 0 Å². The highest BCUT2D eigenvalue weighted by molar-refractivity contribution is 5.49. The summed E-state index contributed by atoms with van der Waals surface area (Å²) in [6.07, 6.45) is 0. The van der Waals surface area contributed by atoms with Gasteiger partial charge in [0.2, 0.25) is 0 Å². The number of halogens is 1. The molecule has 2 aromatic rings. The smallest absolute Gasteiger partial charge is 0.161 e. The van der Waals surface area contributed by atoms with E-state index < -0.39 is 0 Å². The van der Waals surface area contributed by atoms with Gasteiger partial charge in [0.15, 0.2) is 11.5 Å². The Hall–Kier alpha value is -2.23. The Morgan fingerprint density at radius 2 is 1.71 bits per heavy atom. The molecule has 112 valence electrons. The molecule has 0 spiro atoms. The van der Waals surface area contributed by atoms with E-state index in [-0.39, 0.29) is 11.9 Å². The number of benzene rings is 2. The van der Waals surface area contributed by atoms with E-state index in [1.54, 1.807) is 27.2 Å². The first kappa shape index (κ1) is 15.2. The summed E-state index contributed by atoms with van der Waals surface area (Å²) in [7, 11) is 3.21. The lowest BCUT2D eigenvalue weighted by molar-refractivity contribution is 0.354. The molecule has 21 heavy (non-hydrogen) atoms. The summed E-state index contributed by atoms with van der Waals surface area (Å²) in [4.78, 5) is 0. The molecule has 0 aliphatic rings. The first-order chi connectivity index (χ1) is 10.0. The van der Waals surface area contributed by atoms with E-state index in [1.807, 2.05) is 31.2 Å². The fourth-order valence-corrected chi connectivity index (χ4v) is 2.14. The molecule has 2 rings (SSSR count). The van der Waals surface area contributed by atoms with Crippen LogP contribution in [-0.4, -0.2) is 14.2 Å². The van der Waals surface area contributed by atoms with Crippen LogP contribution in [0.2, 0.25) is 0 Å². The molecule has 1 unspecified atom stereocenters. The van der Waals surface area contributed by atoms with Gasteiger partial charge in [0.1, 0.15) is 5.82 Å². The maximum absolute atomic E-state index is 13.6. The van der Waals surface area contributed by atoms with Crippen LogP contribution in [0.1, 0.15) is 24.1 Å². The van der Waals surface area contributed by atoms with Gasteiger partial charge in [0.25, 0.3) is 0 Å². The zero-order chi connectivity index (χ0) is 15.4. The molecule has 1 N–H and O–H groups in total. The quantitative estimate of drug-likeness (QED) is 0.889. The lowest BCUT2D eigenvalue weighted by Gasteiger charge is -2.18. The zero-order valence-corrected chi connectivity index (χ0v) is 12.7. The van der Waals surface area contributed by atoms with Crippen LogP contribution in [0, 0.1) is 12.7 Å². The monoisotopic (exact) mass is 289 g/mol. The maximum Gasteiger partial charge on any atom is 0.161 e. The van der Waals surface area contributed by atoms with Gasteiger partial charge >= 0.3 is 0 Å². The van der Waals surface area contributed by atoms with Crippen LogP contribution >= 0.6 is 0 Å². The molecular formula is C17H20FNO2. The standard InChI is InChI=1S/C17H20FNO2/c1-11-5-7-14(10-15(11)18)19-12(2)13-6-8-16(20-3)17(9-13)21-4/h5-10,12,19H,1-4H3. The minimum atomic E-state index is -0.209. The fourth-order valence-electron chi connectivity index (χ4n) is 2.14. The number of nitrogens with one attached hydrogen (secondary N) is 1. The van der Waals surface area contributed by atoms with Crippen LogP contribution in [-0.2, 0) is 0 Å². The second-order valence-electron chi connectivity index (χ2n) is 4.94. The molecule has 2 aromatic carbocycles. The van der Waals surface area contributed by atoms with Gasteiger partial charge in [-0.15, -0.1) is 0 Å². The third-order valence-electron chi connectivity index (χ3n) is 3.46.